The Morgan fingerprint density at radius 1 is 1.02 bits per heavy atom. The topological polar surface area (TPSA) is 137 Å². The lowest BCUT2D eigenvalue weighted by molar-refractivity contribution is -0.210. The summed E-state index contributed by atoms with van der Waals surface area (Å²) in [6, 6.07) is 15.4. The van der Waals surface area contributed by atoms with E-state index in [2.05, 4.69) is 15.3 Å². The number of rotatable bonds is 9. The molecule has 2 atom stereocenters. The molecule has 6 rings (SSSR count). The summed E-state index contributed by atoms with van der Waals surface area (Å²) >= 11 is 0. The first-order valence-electron chi connectivity index (χ1n) is 14.4. The van der Waals surface area contributed by atoms with Gasteiger partial charge in [0.2, 0.25) is 5.91 Å². The first-order chi connectivity index (χ1) is 20.9. The van der Waals surface area contributed by atoms with Crippen molar-refractivity contribution in [2.24, 2.45) is 5.73 Å². The normalized spacial score (nSPS) is 18.8. The lowest BCUT2D eigenvalue weighted by atomic mass is 10.0. The number of hydroxylamine groups is 2. The van der Waals surface area contributed by atoms with E-state index in [1.54, 1.807) is 30.6 Å². The van der Waals surface area contributed by atoms with Crippen molar-refractivity contribution in [3.05, 3.63) is 78.2 Å². The van der Waals surface area contributed by atoms with Crippen molar-refractivity contribution in [2.75, 3.05) is 6.54 Å². The molecule has 3 amide bonds. The van der Waals surface area contributed by atoms with Crippen molar-refractivity contribution in [1.29, 1.82) is 0 Å². The molecule has 1 aliphatic carbocycles. The Hall–Kier alpha value is -4.71. The molecule has 43 heavy (non-hydrogen) atoms. The van der Waals surface area contributed by atoms with E-state index in [0.29, 0.717) is 10.9 Å². The van der Waals surface area contributed by atoms with Crippen molar-refractivity contribution in [1.82, 2.24) is 29.9 Å². The van der Waals surface area contributed by atoms with E-state index in [9.17, 15) is 18.8 Å². The van der Waals surface area contributed by atoms with Crippen LogP contribution in [0, 0.1) is 0 Å². The highest BCUT2D eigenvalue weighted by Crippen LogP contribution is 2.30. The van der Waals surface area contributed by atoms with Crippen molar-refractivity contribution in [3.63, 3.8) is 0 Å². The number of benzene rings is 2. The van der Waals surface area contributed by atoms with Gasteiger partial charge in [0.1, 0.15) is 25.4 Å². The van der Waals surface area contributed by atoms with Gasteiger partial charge in [0.15, 0.2) is 5.69 Å². The average molecular weight is 586 g/mol. The smallest absolute Gasteiger partial charge is 0.269 e. The molecule has 0 radical (unpaired) electrons. The number of primary amides is 1. The number of hydrogen-bond acceptors (Lipinski definition) is 7. The summed E-state index contributed by atoms with van der Waals surface area (Å²) in [6.07, 6.45) is 5.19. The van der Waals surface area contributed by atoms with Crippen LogP contribution in [0.1, 0.15) is 48.2 Å². The molecule has 0 unspecified atom stereocenters. The number of carbonyl (C=O) groups is 3. The SMILES string of the molecule is NC(=O)c1nn(CC(=O)N2C[C@H](F)C[C@H]2C(=O)N(OCc2ccccc2)C2CCCC2)c2ccc(-c3ccnnc3)cc12. The van der Waals surface area contributed by atoms with Gasteiger partial charge in [-0.2, -0.15) is 15.3 Å². The maximum Gasteiger partial charge on any atom is 0.269 e. The lowest BCUT2D eigenvalue weighted by Crippen LogP contribution is -2.51. The third-order valence-corrected chi connectivity index (χ3v) is 8.13. The van der Waals surface area contributed by atoms with E-state index >= 15 is 0 Å². The molecule has 1 saturated carbocycles. The molecule has 2 fully saturated rings. The van der Waals surface area contributed by atoms with E-state index in [4.69, 9.17) is 10.6 Å². The number of fused-ring (bicyclic) bond motifs is 1. The maximum absolute atomic E-state index is 14.8. The van der Waals surface area contributed by atoms with Gasteiger partial charge in [-0.25, -0.2) is 9.45 Å². The van der Waals surface area contributed by atoms with Crippen LogP contribution in [0.25, 0.3) is 22.0 Å². The van der Waals surface area contributed by atoms with Gasteiger partial charge >= 0.3 is 0 Å². The number of likely N-dealkylation sites (tertiary alicyclic amines) is 1. The first-order valence-corrected chi connectivity index (χ1v) is 14.4. The van der Waals surface area contributed by atoms with Gasteiger partial charge in [-0.3, -0.25) is 23.9 Å². The molecular formula is C31H32FN7O4. The number of hydrogen-bond donors (Lipinski definition) is 1. The van der Waals surface area contributed by atoms with E-state index in [1.165, 1.54) is 14.6 Å². The molecule has 1 aliphatic heterocycles. The number of nitrogens with zero attached hydrogens (tertiary/aromatic N) is 6. The Labute approximate surface area is 247 Å². The summed E-state index contributed by atoms with van der Waals surface area (Å²) in [4.78, 5) is 47.2. The molecule has 0 spiro atoms. The summed E-state index contributed by atoms with van der Waals surface area (Å²) < 4.78 is 16.2. The Bertz CT molecular complexity index is 1630. The molecule has 3 heterocycles. The largest absolute Gasteiger partial charge is 0.364 e. The highest BCUT2D eigenvalue weighted by Gasteiger charge is 2.44. The number of aromatic nitrogens is 4. The predicted octanol–water partition coefficient (Wildman–Crippen LogP) is 3.43. The van der Waals surface area contributed by atoms with Crippen LogP contribution in [0.2, 0.25) is 0 Å². The van der Waals surface area contributed by atoms with Gasteiger partial charge < -0.3 is 10.6 Å². The molecule has 4 aromatic rings. The summed E-state index contributed by atoms with van der Waals surface area (Å²) in [5, 5.41) is 13.9. The Kier molecular flexibility index (Phi) is 8.10. The number of halogens is 1. The molecule has 11 nitrogen and oxygen atoms in total. The van der Waals surface area contributed by atoms with Crippen LogP contribution < -0.4 is 5.73 Å². The van der Waals surface area contributed by atoms with Crippen molar-refractivity contribution < 1.29 is 23.6 Å². The zero-order valence-electron chi connectivity index (χ0n) is 23.5. The van der Waals surface area contributed by atoms with E-state index in [1.807, 2.05) is 36.4 Å². The molecule has 2 aromatic carbocycles. The minimum Gasteiger partial charge on any atom is -0.364 e. The van der Waals surface area contributed by atoms with E-state index in [-0.39, 0.29) is 37.9 Å². The number of carbonyl (C=O) groups excluding carboxylic acids is 3. The van der Waals surface area contributed by atoms with Gasteiger partial charge in [0.25, 0.3) is 11.8 Å². The quantitative estimate of drug-likeness (QED) is 0.297. The Morgan fingerprint density at radius 2 is 1.81 bits per heavy atom. The van der Waals surface area contributed by atoms with Crippen LogP contribution in [0.4, 0.5) is 4.39 Å². The molecule has 0 bridgehead atoms. The fourth-order valence-electron chi connectivity index (χ4n) is 5.99. The molecule has 2 aromatic heterocycles. The third-order valence-electron chi connectivity index (χ3n) is 8.13. The second kappa shape index (κ2) is 12.3. The highest BCUT2D eigenvalue weighted by molar-refractivity contribution is 6.05. The second-order valence-electron chi connectivity index (χ2n) is 11.0. The fourth-order valence-corrected chi connectivity index (χ4v) is 5.99. The molecule has 1 saturated heterocycles. The minimum atomic E-state index is -1.36. The summed E-state index contributed by atoms with van der Waals surface area (Å²) in [5.41, 5.74) is 8.60. The molecule has 222 valence electrons. The van der Waals surface area contributed by atoms with Gasteiger partial charge in [0, 0.05) is 17.4 Å². The average Bonchev–Trinajstić information content (AvgIpc) is 3.77. The second-order valence-corrected chi connectivity index (χ2v) is 11.0. The third kappa shape index (κ3) is 5.96. The monoisotopic (exact) mass is 585 g/mol. The zero-order chi connectivity index (χ0) is 29.9. The number of nitrogens with two attached hydrogens (primary N) is 1. The van der Waals surface area contributed by atoms with Gasteiger partial charge in [-0.15, -0.1) is 0 Å². The Balaban J connectivity index is 1.24. The van der Waals surface area contributed by atoms with Crippen LogP contribution in [0.3, 0.4) is 0 Å². The molecular weight excluding hydrogens is 553 g/mol. The van der Waals surface area contributed by atoms with Gasteiger partial charge in [0.05, 0.1) is 30.5 Å². The van der Waals surface area contributed by atoms with Crippen LogP contribution in [0.5, 0.6) is 0 Å². The zero-order valence-corrected chi connectivity index (χ0v) is 23.5. The van der Waals surface area contributed by atoms with Crippen LogP contribution in [-0.2, 0) is 27.6 Å². The Morgan fingerprint density at radius 3 is 2.53 bits per heavy atom. The maximum atomic E-state index is 14.8. The van der Waals surface area contributed by atoms with Crippen LogP contribution in [-0.4, -0.2) is 72.5 Å². The van der Waals surface area contributed by atoms with Crippen LogP contribution in [0.15, 0.2) is 67.0 Å². The van der Waals surface area contributed by atoms with Crippen molar-refractivity contribution in [2.45, 2.75) is 63.5 Å². The van der Waals surface area contributed by atoms with Gasteiger partial charge in [-0.1, -0.05) is 49.2 Å². The van der Waals surface area contributed by atoms with Crippen molar-refractivity contribution >= 4 is 28.6 Å². The summed E-state index contributed by atoms with van der Waals surface area (Å²) in [6.45, 7) is -0.326. The highest BCUT2D eigenvalue weighted by atomic mass is 19.1. The van der Waals surface area contributed by atoms with Gasteiger partial charge in [-0.05, 0) is 42.2 Å². The first kappa shape index (κ1) is 28.4. The summed E-state index contributed by atoms with van der Waals surface area (Å²) in [7, 11) is 0. The van der Waals surface area contributed by atoms with Crippen LogP contribution >= 0.6 is 0 Å². The van der Waals surface area contributed by atoms with Crippen molar-refractivity contribution in [3.8, 4) is 11.1 Å². The molecule has 2 aliphatic rings. The molecule has 2 N–H and O–H groups in total. The number of amides is 3. The lowest BCUT2D eigenvalue weighted by Gasteiger charge is -2.33. The minimum absolute atomic E-state index is 0.00537. The standard InChI is InChI=1S/C31H32FN7O4/c32-23-15-27(31(42)39(24-8-4-5-9-24)43-19-20-6-2-1-3-7-20)37(17-23)28(40)18-38-26-11-10-21(22-12-13-34-35-16-22)14-25(26)29(36-38)30(33)41/h1-3,6-7,10-14,16,23-24,27H,4-5,8-9,15,17-19H2,(H2,33,41)/t23-,27+/m1/s1. The summed E-state index contributed by atoms with van der Waals surface area (Å²) in [5.74, 6) is -1.66. The predicted molar refractivity (Wildman–Crippen MR) is 155 cm³/mol. The number of alkyl halides is 1. The van der Waals surface area contributed by atoms with E-state index < -0.39 is 29.9 Å². The fraction of sp³-hybridized carbons (Fsp3) is 0.355. The van der Waals surface area contributed by atoms with E-state index in [0.717, 1.165) is 42.4 Å². The molecule has 12 heteroatoms.